The molecule has 0 unspecified atom stereocenters. The van der Waals surface area contributed by atoms with Gasteiger partial charge >= 0.3 is 0 Å². The van der Waals surface area contributed by atoms with Gasteiger partial charge in [-0.3, -0.25) is 0 Å². The molecule has 0 heterocycles. The zero-order valence-corrected chi connectivity index (χ0v) is 15.9. The molecule has 0 spiro atoms. The van der Waals surface area contributed by atoms with E-state index in [1.165, 1.54) is 33.4 Å². The maximum absolute atomic E-state index is 2.39. The lowest BCUT2D eigenvalue weighted by molar-refractivity contribution is 0.647. The van der Waals surface area contributed by atoms with Crippen molar-refractivity contribution < 1.29 is 0 Å². The van der Waals surface area contributed by atoms with Crippen molar-refractivity contribution >= 4 is 0 Å². The minimum atomic E-state index is 0.563. The van der Waals surface area contributed by atoms with Crippen molar-refractivity contribution in [2.24, 2.45) is 5.92 Å². The number of hydrogen-bond donors (Lipinski definition) is 0. The molecule has 0 aliphatic carbocycles. The average Bonchev–Trinajstić information content (AvgIpc) is 2.47. The maximum Gasteiger partial charge on any atom is -0.0178 e. The van der Waals surface area contributed by atoms with Gasteiger partial charge in [0.25, 0.3) is 0 Å². The molecule has 0 atom stereocenters. The van der Waals surface area contributed by atoms with Gasteiger partial charge in [0.15, 0.2) is 0 Å². The van der Waals surface area contributed by atoms with Crippen molar-refractivity contribution in [1.82, 2.24) is 0 Å². The molecule has 2 aromatic carbocycles. The van der Waals surface area contributed by atoms with E-state index < -0.39 is 0 Å². The molecule has 0 aliphatic heterocycles. The van der Waals surface area contributed by atoms with E-state index in [9.17, 15) is 0 Å². The fourth-order valence-electron chi connectivity index (χ4n) is 3.43. The molecular weight excluding hydrogens is 276 g/mol. The van der Waals surface area contributed by atoms with E-state index in [4.69, 9.17) is 0 Å². The van der Waals surface area contributed by atoms with Crippen LogP contribution in [-0.4, -0.2) is 0 Å². The van der Waals surface area contributed by atoms with Crippen LogP contribution in [0.2, 0.25) is 0 Å². The summed E-state index contributed by atoms with van der Waals surface area (Å²) in [5.41, 5.74) is 8.56. The van der Waals surface area contributed by atoms with Gasteiger partial charge in [0.1, 0.15) is 0 Å². The molecule has 0 saturated carbocycles. The normalized spacial score (nSPS) is 11.7. The van der Waals surface area contributed by atoms with E-state index in [0.717, 1.165) is 6.42 Å². The molecule has 0 heteroatoms. The lowest BCUT2D eigenvalue weighted by Crippen LogP contribution is -2.01. The highest BCUT2D eigenvalue weighted by Crippen LogP contribution is 2.33. The number of hydrogen-bond acceptors (Lipinski definition) is 0. The molecule has 0 saturated heterocycles. The quantitative estimate of drug-likeness (QED) is 0.552. The molecule has 2 rings (SSSR count). The summed E-state index contributed by atoms with van der Waals surface area (Å²) in [6, 6.07) is 13.9. The Morgan fingerprint density at radius 2 is 1.17 bits per heavy atom. The molecule has 0 nitrogen and oxygen atoms in total. The number of benzene rings is 2. The Labute approximate surface area is 143 Å². The van der Waals surface area contributed by atoms with Gasteiger partial charge in [0.2, 0.25) is 0 Å². The first-order valence-corrected chi connectivity index (χ1v) is 9.03. The molecule has 0 radical (unpaired) electrons. The van der Waals surface area contributed by atoms with Crippen molar-refractivity contribution in [1.29, 1.82) is 0 Å². The molecule has 2 aromatic rings. The van der Waals surface area contributed by atoms with Crippen LogP contribution in [-0.2, 0) is 6.42 Å². The van der Waals surface area contributed by atoms with E-state index in [-0.39, 0.29) is 0 Å². The van der Waals surface area contributed by atoms with E-state index >= 15 is 0 Å². The monoisotopic (exact) mass is 308 g/mol. The zero-order valence-electron chi connectivity index (χ0n) is 15.9. The second kappa shape index (κ2) is 7.34. The fraction of sp³-hybridized carbons (Fsp3) is 0.478. The third-order valence-corrected chi connectivity index (χ3v) is 4.66. The lowest BCUT2D eigenvalue weighted by atomic mass is 9.86. The summed E-state index contributed by atoms with van der Waals surface area (Å²) in [6.07, 6.45) is 1.16. The van der Waals surface area contributed by atoms with Gasteiger partial charge in [-0.2, -0.15) is 0 Å². The zero-order chi connectivity index (χ0) is 17.1. The Kier molecular flexibility index (Phi) is 5.68. The minimum absolute atomic E-state index is 0.563. The summed E-state index contributed by atoms with van der Waals surface area (Å²) >= 11 is 0. The molecule has 23 heavy (non-hydrogen) atoms. The van der Waals surface area contributed by atoms with E-state index in [1.54, 1.807) is 0 Å². The first-order chi connectivity index (χ1) is 10.8. The van der Waals surface area contributed by atoms with Crippen LogP contribution >= 0.6 is 0 Å². The highest BCUT2D eigenvalue weighted by Gasteiger charge is 2.13. The van der Waals surface area contributed by atoms with Crippen LogP contribution in [0.4, 0.5) is 0 Å². The highest BCUT2D eigenvalue weighted by atomic mass is 14.2. The van der Waals surface area contributed by atoms with Crippen LogP contribution < -0.4 is 0 Å². The standard InChI is InChI=1S/C23H32/c1-15(2)12-19-8-10-20(11-9-19)21-13-22(16(3)4)18(7)23(14-21)17(5)6/h8-11,13-17H,12H2,1-7H3. The lowest BCUT2D eigenvalue weighted by Gasteiger charge is -2.19. The Morgan fingerprint density at radius 3 is 1.57 bits per heavy atom. The van der Waals surface area contributed by atoms with E-state index in [0.29, 0.717) is 17.8 Å². The smallest absolute Gasteiger partial charge is 0.0178 e. The Morgan fingerprint density at radius 1 is 0.696 bits per heavy atom. The van der Waals surface area contributed by atoms with Gasteiger partial charge in [-0.05, 0) is 64.5 Å². The SMILES string of the molecule is Cc1c(C(C)C)cc(-c2ccc(CC(C)C)cc2)cc1C(C)C. The van der Waals surface area contributed by atoms with Gasteiger partial charge in [0, 0.05) is 0 Å². The molecule has 0 N–H and O–H groups in total. The molecule has 0 fully saturated rings. The summed E-state index contributed by atoms with van der Waals surface area (Å²) in [7, 11) is 0. The molecule has 0 aliphatic rings. The molecular formula is C23H32. The van der Waals surface area contributed by atoms with Crippen LogP contribution in [0.15, 0.2) is 36.4 Å². The third kappa shape index (κ3) is 4.25. The molecule has 0 aromatic heterocycles. The van der Waals surface area contributed by atoms with Crippen LogP contribution in [0, 0.1) is 12.8 Å². The second-order valence-electron chi connectivity index (χ2n) is 7.88. The summed E-state index contributed by atoms with van der Waals surface area (Å²) in [5.74, 6) is 1.83. The Balaban J connectivity index is 2.46. The summed E-state index contributed by atoms with van der Waals surface area (Å²) in [5, 5.41) is 0. The fourth-order valence-corrected chi connectivity index (χ4v) is 3.43. The predicted molar refractivity (Wildman–Crippen MR) is 103 cm³/mol. The number of rotatable bonds is 5. The topological polar surface area (TPSA) is 0 Å². The van der Waals surface area contributed by atoms with E-state index in [1.807, 2.05) is 0 Å². The van der Waals surface area contributed by atoms with Crippen LogP contribution in [0.25, 0.3) is 11.1 Å². The summed E-state index contributed by atoms with van der Waals surface area (Å²) in [4.78, 5) is 0. The van der Waals surface area contributed by atoms with Gasteiger partial charge in [-0.25, -0.2) is 0 Å². The van der Waals surface area contributed by atoms with Gasteiger partial charge in [0.05, 0.1) is 0 Å². The minimum Gasteiger partial charge on any atom is -0.0625 e. The second-order valence-corrected chi connectivity index (χ2v) is 7.88. The van der Waals surface area contributed by atoms with Gasteiger partial charge < -0.3 is 0 Å². The largest absolute Gasteiger partial charge is 0.0625 e. The van der Waals surface area contributed by atoms with E-state index in [2.05, 4.69) is 84.9 Å². The average molecular weight is 309 g/mol. The van der Waals surface area contributed by atoms with Gasteiger partial charge in [-0.15, -0.1) is 0 Å². The van der Waals surface area contributed by atoms with Crippen molar-refractivity contribution in [3.05, 3.63) is 58.7 Å². The van der Waals surface area contributed by atoms with Crippen LogP contribution in [0.5, 0.6) is 0 Å². The van der Waals surface area contributed by atoms with Crippen molar-refractivity contribution in [2.75, 3.05) is 0 Å². The van der Waals surface area contributed by atoms with Crippen molar-refractivity contribution in [3.63, 3.8) is 0 Å². The summed E-state index contributed by atoms with van der Waals surface area (Å²) in [6.45, 7) is 16.0. The van der Waals surface area contributed by atoms with Crippen LogP contribution in [0.1, 0.15) is 75.6 Å². The van der Waals surface area contributed by atoms with Crippen molar-refractivity contribution in [3.8, 4) is 11.1 Å². The van der Waals surface area contributed by atoms with Gasteiger partial charge in [-0.1, -0.05) is 77.9 Å². The molecule has 0 bridgehead atoms. The Bertz CT molecular complexity index is 613. The molecule has 124 valence electrons. The predicted octanol–water partition coefficient (Wildman–Crippen LogP) is 7.11. The summed E-state index contributed by atoms with van der Waals surface area (Å²) < 4.78 is 0. The third-order valence-electron chi connectivity index (χ3n) is 4.66. The van der Waals surface area contributed by atoms with Crippen molar-refractivity contribution in [2.45, 2.75) is 66.7 Å². The molecule has 0 amide bonds. The highest BCUT2D eigenvalue weighted by molar-refractivity contribution is 5.67. The Hall–Kier alpha value is -1.56. The first-order valence-electron chi connectivity index (χ1n) is 9.03. The van der Waals surface area contributed by atoms with Crippen LogP contribution in [0.3, 0.4) is 0 Å². The first kappa shape index (κ1) is 17.8. The maximum atomic E-state index is 2.39.